The molecule has 0 unspecified atom stereocenters. The third-order valence-corrected chi connectivity index (χ3v) is 6.23. The van der Waals surface area contributed by atoms with Crippen LogP contribution in [0, 0.1) is 0 Å². The lowest BCUT2D eigenvalue weighted by Gasteiger charge is -2.30. The summed E-state index contributed by atoms with van der Waals surface area (Å²) >= 11 is 0. The van der Waals surface area contributed by atoms with Crippen molar-refractivity contribution in [1.29, 1.82) is 0 Å². The highest BCUT2D eigenvalue weighted by molar-refractivity contribution is 5.82. The lowest BCUT2D eigenvalue weighted by atomic mass is 10.0. The van der Waals surface area contributed by atoms with Crippen LogP contribution in [0.5, 0.6) is 11.5 Å². The number of amides is 1. The minimum atomic E-state index is -0.878. The highest BCUT2D eigenvalue weighted by Crippen LogP contribution is 2.31. The summed E-state index contributed by atoms with van der Waals surface area (Å²) in [6.45, 7) is 6.02. The zero-order chi connectivity index (χ0) is 27.3. The van der Waals surface area contributed by atoms with Gasteiger partial charge in [-0.25, -0.2) is 4.79 Å². The molecule has 4 aromatic rings. The lowest BCUT2D eigenvalue weighted by Crippen LogP contribution is -2.41. The summed E-state index contributed by atoms with van der Waals surface area (Å²) in [5, 5.41) is 12.4. The number of likely N-dealkylation sites (N-methyl/N-ethyl adjacent to an activating group) is 1. The maximum Gasteiger partial charge on any atom is 0.410 e. The van der Waals surface area contributed by atoms with Gasteiger partial charge in [0.1, 0.15) is 23.7 Å². The number of fused-ring (bicyclic) bond motifs is 1. The number of methoxy groups -OCH3 is 1. The second-order valence-electron chi connectivity index (χ2n) is 10.4. The molecule has 38 heavy (non-hydrogen) atoms. The molecule has 0 saturated heterocycles. The molecule has 3 aromatic carbocycles. The summed E-state index contributed by atoms with van der Waals surface area (Å²) in [6, 6.07) is 25.1. The Morgan fingerprint density at radius 2 is 1.66 bits per heavy atom. The van der Waals surface area contributed by atoms with E-state index in [-0.39, 0.29) is 6.54 Å². The van der Waals surface area contributed by atoms with Crippen LogP contribution < -0.4 is 9.47 Å². The van der Waals surface area contributed by atoms with Gasteiger partial charge in [-0.3, -0.25) is 0 Å². The van der Waals surface area contributed by atoms with E-state index in [0.717, 1.165) is 33.5 Å². The summed E-state index contributed by atoms with van der Waals surface area (Å²) < 4.78 is 18.8. The van der Waals surface area contributed by atoms with Crippen LogP contribution in [0.4, 0.5) is 4.79 Å². The van der Waals surface area contributed by atoms with Crippen LogP contribution >= 0.6 is 0 Å². The predicted molar refractivity (Wildman–Crippen MR) is 149 cm³/mol. The van der Waals surface area contributed by atoms with Gasteiger partial charge >= 0.3 is 6.09 Å². The van der Waals surface area contributed by atoms with Crippen molar-refractivity contribution in [2.75, 3.05) is 20.7 Å². The molecule has 4 rings (SSSR count). The number of carbonyl (C=O) groups excluding carboxylic acids is 1. The van der Waals surface area contributed by atoms with E-state index >= 15 is 0 Å². The van der Waals surface area contributed by atoms with Gasteiger partial charge < -0.3 is 28.8 Å². The normalized spacial score (nSPS) is 13.1. The van der Waals surface area contributed by atoms with Crippen molar-refractivity contribution in [3.63, 3.8) is 0 Å². The second-order valence-corrected chi connectivity index (χ2v) is 10.4. The first kappa shape index (κ1) is 27.1. The minimum Gasteiger partial charge on any atom is -0.497 e. The summed E-state index contributed by atoms with van der Waals surface area (Å²) in [4.78, 5) is 14.0. The van der Waals surface area contributed by atoms with E-state index in [1.165, 1.54) is 4.90 Å². The number of benzene rings is 3. The summed E-state index contributed by atoms with van der Waals surface area (Å²) in [7, 11) is 3.28. The molecule has 1 aromatic heterocycles. The highest BCUT2D eigenvalue weighted by atomic mass is 16.6. The average Bonchev–Trinajstić information content (AvgIpc) is 3.30. The average molecular weight is 517 g/mol. The van der Waals surface area contributed by atoms with Crippen LogP contribution in [-0.2, 0) is 11.3 Å². The van der Waals surface area contributed by atoms with Crippen LogP contribution in [0.1, 0.15) is 37.9 Å². The Bertz CT molecular complexity index is 1340. The molecule has 7 heteroatoms. The zero-order valence-corrected chi connectivity index (χ0v) is 22.6. The Morgan fingerprint density at radius 1 is 0.974 bits per heavy atom. The molecule has 0 aliphatic rings. The molecule has 2 atom stereocenters. The second kappa shape index (κ2) is 11.6. The number of nitrogens with zero attached hydrogens (tertiary/aromatic N) is 2. The van der Waals surface area contributed by atoms with E-state index in [9.17, 15) is 9.90 Å². The predicted octanol–water partition coefficient (Wildman–Crippen LogP) is 6.05. The van der Waals surface area contributed by atoms with Crippen molar-refractivity contribution >= 4 is 17.0 Å². The fourth-order valence-corrected chi connectivity index (χ4v) is 4.38. The first-order valence-electron chi connectivity index (χ1n) is 12.7. The molecule has 0 aliphatic carbocycles. The molecule has 0 bridgehead atoms. The molecular formula is C31H36N2O5. The van der Waals surface area contributed by atoms with Gasteiger partial charge in [-0.05, 0) is 68.3 Å². The number of aromatic nitrogens is 1. The van der Waals surface area contributed by atoms with Crippen molar-refractivity contribution in [1.82, 2.24) is 9.47 Å². The van der Waals surface area contributed by atoms with Gasteiger partial charge in [0.05, 0.1) is 25.8 Å². The van der Waals surface area contributed by atoms with Crippen molar-refractivity contribution < 1.29 is 24.1 Å². The van der Waals surface area contributed by atoms with Crippen LogP contribution in [0.3, 0.4) is 0 Å². The Hall–Kier alpha value is -3.97. The third kappa shape index (κ3) is 6.66. The molecule has 0 radical (unpaired) electrons. The summed E-state index contributed by atoms with van der Waals surface area (Å²) in [6.07, 6.45) is 0.614. The van der Waals surface area contributed by atoms with Gasteiger partial charge in [-0.2, -0.15) is 0 Å². The van der Waals surface area contributed by atoms with E-state index in [1.54, 1.807) is 14.2 Å². The van der Waals surface area contributed by atoms with Crippen LogP contribution in [0.15, 0.2) is 85.1 Å². The molecule has 1 heterocycles. The Morgan fingerprint density at radius 3 is 2.32 bits per heavy atom. The Kier molecular flexibility index (Phi) is 8.27. The summed E-state index contributed by atoms with van der Waals surface area (Å²) in [5.74, 6) is 1.57. The molecular weight excluding hydrogens is 480 g/mol. The number of hydrogen-bond acceptors (Lipinski definition) is 5. The smallest absolute Gasteiger partial charge is 0.410 e. The number of hydrogen-bond donors (Lipinski definition) is 1. The van der Waals surface area contributed by atoms with Gasteiger partial charge in [0.25, 0.3) is 0 Å². The van der Waals surface area contributed by atoms with Crippen molar-refractivity contribution in [2.24, 2.45) is 0 Å². The maximum atomic E-state index is 12.6. The van der Waals surface area contributed by atoms with Gasteiger partial charge in [0.15, 0.2) is 0 Å². The SMILES string of the molecule is COc1ccc(COc2ccc3c(ccn3[C@@H](c3ccccc3)[C@H](O)CN(C)C(=O)OC(C)(C)C)c2)cc1. The molecule has 0 saturated carbocycles. The number of rotatable bonds is 9. The van der Waals surface area contributed by atoms with E-state index in [0.29, 0.717) is 6.61 Å². The number of aliphatic hydroxyl groups excluding tert-OH is 1. The van der Waals surface area contributed by atoms with Gasteiger partial charge in [-0.1, -0.05) is 42.5 Å². The molecule has 0 spiro atoms. The lowest BCUT2D eigenvalue weighted by molar-refractivity contribution is 0.0168. The Labute approximate surface area is 224 Å². The minimum absolute atomic E-state index is 0.108. The van der Waals surface area contributed by atoms with Crippen molar-refractivity contribution in [3.8, 4) is 11.5 Å². The molecule has 200 valence electrons. The Balaban J connectivity index is 1.56. The van der Waals surface area contributed by atoms with E-state index in [1.807, 2.05) is 110 Å². The first-order chi connectivity index (χ1) is 18.1. The third-order valence-electron chi connectivity index (χ3n) is 6.23. The van der Waals surface area contributed by atoms with Gasteiger partial charge in [0, 0.05) is 24.1 Å². The summed E-state index contributed by atoms with van der Waals surface area (Å²) in [5.41, 5.74) is 2.33. The highest BCUT2D eigenvalue weighted by Gasteiger charge is 2.28. The van der Waals surface area contributed by atoms with Crippen LogP contribution in [-0.4, -0.2) is 53.1 Å². The van der Waals surface area contributed by atoms with Crippen molar-refractivity contribution in [2.45, 2.75) is 45.1 Å². The molecule has 1 amide bonds. The topological polar surface area (TPSA) is 73.2 Å². The molecule has 0 aliphatic heterocycles. The first-order valence-corrected chi connectivity index (χ1v) is 12.7. The van der Waals surface area contributed by atoms with Crippen molar-refractivity contribution in [3.05, 3.63) is 96.2 Å². The number of carbonyl (C=O) groups is 1. The van der Waals surface area contributed by atoms with Crippen LogP contribution in [0.2, 0.25) is 0 Å². The van der Waals surface area contributed by atoms with E-state index in [4.69, 9.17) is 14.2 Å². The molecule has 7 nitrogen and oxygen atoms in total. The number of aliphatic hydroxyl groups is 1. The molecule has 0 fully saturated rings. The standard InChI is InChI=1S/C31H36N2O5/c1-31(2,3)38-30(35)32(4)20-28(34)29(23-9-7-6-8-10-23)33-18-17-24-19-26(15-16-27(24)33)37-21-22-11-13-25(36-5)14-12-22/h6-19,28-29,34H,20-21H2,1-5H3/t28-,29+/m1/s1. The molecule has 1 N–H and O–H groups in total. The quantitative estimate of drug-likeness (QED) is 0.293. The fourth-order valence-electron chi connectivity index (χ4n) is 4.38. The fraction of sp³-hybridized carbons (Fsp3) is 0.323. The largest absolute Gasteiger partial charge is 0.497 e. The van der Waals surface area contributed by atoms with Crippen LogP contribution in [0.25, 0.3) is 10.9 Å². The number of ether oxygens (including phenoxy) is 3. The zero-order valence-electron chi connectivity index (χ0n) is 22.6. The monoisotopic (exact) mass is 516 g/mol. The maximum absolute atomic E-state index is 12.6. The van der Waals surface area contributed by atoms with E-state index < -0.39 is 23.8 Å². The van der Waals surface area contributed by atoms with Gasteiger partial charge in [-0.15, -0.1) is 0 Å². The van der Waals surface area contributed by atoms with Gasteiger partial charge in [0.2, 0.25) is 0 Å². The van der Waals surface area contributed by atoms with E-state index in [2.05, 4.69) is 0 Å².